The molecule has 124 valence electrons. The Balaban J connectivity index is 2.11. The Morgan fingerprint density at radius 2 is 1.67 bits per heavy atom. The lowest BCUT2D eigenvalue weighted by Gasteiger charge is -2.42. The Labute approximate surface area is 130 Å². The van der Waals surface area contributed by atoms with E-state index < -0.39 is 5.67 Å². The topological polar surface area (TPSA) is 18.5 Å². The number of hydrogen-bond acceptors (Lipinski definition) is 3. The first-order valence-electron chi connectivity index (χ1n) is 8.40. The SMILES string of the molecule is CC(C)(C)[C@@H]1C[C@](F)(CN2CCNCC2)CN1C(C)(C)C. The van der Waals surface area contributed by atoms with Crippen molar-refractivity contribution in [1.29, 1.82) is 0 Å². The van der Waals surface area contributed by atoms with E-state index in [4.69, 9.17) is 0 Å². The zero-order valence-corrected chi connectivity index (χ0v) is 14.8. The average molecular weight is 299 g/mol. The van der Waals surface area contributed by atoms with E-state index in [9.17, 15) is 0 Å². The normalized spacial score (nSPS) is 33.6. The summed E-state index contributed by atoms with van der Waals surface area (Å²) in [7, 11) is 0. The van der Waals surface area contributed by atoms with Crippen molar-refractivity contribution in [3.05, 3.63) is 0 Å². The fraction of sp³-hybridized carbons (Fsp3) is 1.00. The van der Waals surface area contributed by atoms with E-state index in [1.165, 1.54) is 0 Å². The number of nitrogens with zero attached hydrogens (tertiary/aromatic N) is 2. The highest BCUT2D eigenvalue weighted by atomic mass is 19.1. The predicted molar refractivity (Wildman–Crippen MR) is 87.5 cm³/mol. The summed E-state index contributed by atoms with van der Waals surface area (Å²) in [5.74, 6) is 0. The van der Waals surface area contributed by atoms with Gasteiger partial charge in [0.1, 0.15) is 5.67 Å². The molecule has 0 aromatic rings. The molecular weight excluding hydrogens is 265 g/mol. The average Bonchev–Trinajstić information content (AvgIpc) is 2.68. The standard InChI is InChI=1S/C17H34FN3/c1-15(2,3)14-11-17(18,13-21(14)16(4,5)6)12-20-9-7-19-8-10-20/h14,19H,7-13H2,1-6H3/t14-,17-/m0/s1. The summed E-state index contributed by atoms with van der Waals surface area (Å²) in [5, 5.41) is 3.34. The van der Waals surface area contributed by atoms with E-state index in [1.807, 2.05) is 0 Å². The van der Waals surface area contributed by atoms with Crippen molar-refractivity contribution in [3.63, 3.8) is 0 Å². The van der Waals surface area contributed by atoms with Gasteiger partial charge in [-0.05, 0) is 32.6 Å². The van der Waals surface area contributed by atoms with Gasteiger partial charge in [0, 0.05) is 50.8 Å². The molecule has 0 unspecified atom stereocenters. The number of piperazine rings is 1. The molecule has 2 saturated heterocycles. The molecule has 0 saturated carbocycles. The number of hydrogen-bond donors (Lipinski definition) is 1. The van der Waals surface area contributed by atoms with E-state index >= 15 is 4.39 Å². The molecule has 2 atom stereocenters. The van der Waals surface area contributed by atoms with Gasteiger partial charge in [0.25, 0.3) is 0 Å². The molecular formula is C17H34FN3. The second-order valence-electron chi connectivity index (χ2n) is 9.06. The Kier molecular flexibility index (Phi) is 4.73. The van der Waals surface area contributed by atoms with Crippen LogP contribution < -0.4 is 5.32 Å². The van der Waals surface area contributed by atoms with Gasteiger partial charge in [-0.25, -0.2) is 4.39 Å². The van der Waals surface area contributed by atoms with Crippen molar-refractivity contribution >= 4 is 0 Å². The molecule has 2 rings (SSSR count). The van der Waals surface area contributed by atoms with Crippen LogP contribution in [0.2, 0.25) is 0 Å². The summed E-state index contributed by atoms with van der Waals surface area (Å²) in [6.45, 7) is 18.4. The fourth-order valence-electron chi connectivity index (χ4n) is 3.80. The molecule has 21 heavy (non-hydrogen) atoms. The summed E-state index contributed by atoms with van der Waals surface area (Å²) in [6.07, 6.45) is 0.664. The molecule has 2 fully saturated rings. The third-order valence-corrected chi connectivity index (χ3v) is 4.97. The summed E-state index contributed by atoms with van der Waals surface area (Å²) in [5.41, 5.74) is -0.928. The van der Waals surface area contributed by atoms with Crippen LogP contribution in [-0.4, -0.2) is 66.3 Å². The molecule has 4 heteroatoms. The Morgan fingerprint density at radius 1 is 1.10 bits per heavy atom. The largest absolute Gasteiger partial charge is 0.314 e. The van der Waals surface area contributed by atoms with Gasteiger partial charge in [-0.1, -0.05) is 20.8 Å². The van der Waals surface area contributed by atoms with Gasteiger partial charge in [0.05, 0.1) is 0 Å². The second kappa shape index (κ2) is 5.78. The molecule has 0 bridgehead atoms. The van der Waals surface area contributed by atoms with E-state index in [1.54, 1.807) is 0 Å². The number of nitrogens with one attached hydrogen (secondary N) is 1. The highest BCUT2D eigenvalue weighted by Gasteiger charge is 2.51. The maximum Gasteiger partial charge on any atom is 0.137 e. The lowest BCUT2D eigenvalue weighted by molar-refractivity contribution is 0.0480. The van der Waals surface area contributed by atoms with Crippen molar-refractivity contribution in [2.45, 2.75) is 65.2 Å². The zero-order chi connectivity index (χ0) is 15.9. The van der Waals surface area contributed by atoms with E-state index in [-0.39, 0.29) is 11.0 Å². The van der Waals surface area contributed by atoms with Crippen molar-refractivity contribution in [1.82, 2.24) is 15.1 Å². The molecule has 2 heterocycles. The van der Waals surface area contributed by atoms with E-state index in [2.05, 4.69) is 56.7 Å². The second-order valence-corrected chi connectivity index (χ2v) is 9.06. The first-order chi connectivity index (χ1) is 9.51. The van der Waals surface area contributed by atoms with Crippen molar-refractivity contribution < 1.29 is 4.39 Å². The third kappa shape index (κ3) is 4.17. The van der Waals surface area contributed by atoms with Gasteiger partial charge in [-0.15, -0.1) is 0 Å². The number of rotatable bonds is 2. The molecule has 3 nitrogen and oxygen atoms in total. The quantitative estimate of drug-likeness (QED) is 0.845. The Morgan fingerprint density at radius 3 is 2.10 bits per heavy atom. The minimum Gasteiger partial charge on any atom is -0.314 e. The van der Waals surface area contributed by atoms with Crippen LogP contribution in [0, 0.1) is 5.41 Å². The highest BCUT2D eigenvalue weighted by molar-refractivity contribution is 5.05. The van der Waals surface area contributed by atoms with Crippen LogP contribution in [0.15, 0.2) is 0 Å². The van der Waals surface area contributed by atoms with Crippen LogP contribution in [0.5, 0.6) is 0 Å². The van der Waals surface area contributed by atoms with Crippen LogP contribution >= 0.6 is 0 Å². The zero-order valence-electron chi connectivity index (χ0n) is 14.8. The first kappa shape index (κ1) is 17.2. The first-order valence-corrected chi connectivity index (χ1v) is 8.40. The van der Waals surface area contributed by atoms with Gasteiger partial charge in [-0.3, -0.25) is 9.80 Å². The van der Waals surface area contributed by atoms with Crippen molar-refractivity contribution in [3.8, 4) is 0 Å². The van der Waals surface area contributed by atoms with Gasteiger partial charge < -0.3 is 5.32 Å². The maximum absolute atomic E-state index is 15.6. The summed E-state index contributed by atoms with van der Waals surface area (Å²) in [4.78, 5) is 4.69. The summed E-state index contributed by atoms with van der Waals surface area (Å²) in [6, 6.07) is 0.311. The number of halogens is 1. The lowest BCUT2D eigenvalue weighted by Crippen LogP contribution is -2.51. The van der Waals surface area contributed by atoms with Crippen LogP contribution in [-0.2, 0) is 0 Å². The Bertz CT molecular complexity index is 328. The minimum atomic E-state index is -1.07. The van der Waals surface area contributed by atoms with E-state index in [0.717, 1.165) is 26.2 Å². The van der Waals surface area contributed by atoms with Gasteiger partial charge >= 0.3 is 0 Å². The smallest absolute Gasteiger partial charge is 0.137 e. The van der Waals surface area contributed by atoms with Crippen molar-refractivity contribution in [2.24, 2.45) is 5.41 Å². The number of alkyl halides is 1. The highest BCUT2D eigenvalue weighted by Crippen LogP contribution is 2.43. The monoisotopic (exact) mass is 299 g/mol. The molecule has 0 aromatic heterocycles. The molecule has 0 aromatic carbocycles. The van der Waals surface area contributed by atoms with Crippen LogP contribution in [0.25, 0.3) is 0 Å². The van der Waals surface area contributed by atoms with Crippen molar-refractivity contribution in [2.75, 3.05) is 39.3 Å². The molecule has 0 spiro atoms. The summed E-state index contributed by atoms with van der Waals surface area (Å²) >= 11 is 0. The summed E-state index contributed by atoms with van der Waals surface area (Å²) < 4.78 is 15.6. The van der Waals surface area contributed by atoms with Gasteiger partial charge in [-0.2, -0.15) is 0 Å². The van der Waals surface area contributed by atoms with Gasteiger partial charge in [0.15, 0.2) is 0 Å². The predicted octanol–water partition coefficient (Wildman–Crippen LogP) is 2.52. The third-order valence-electron chi connectivity index (χ3n) is 4.97. The molecule has 1 N–H and O–H groups in total. The molecule has 0 aliphatic carbocycles. The van der Waals surface area contributed by atoms with E-state index in [0.29, 0.717) is 25.6 Å². The molecule has 2 aliphatic rings. The molecule has 0 radical (unpaired) electrons. The molecule has 0 amide bonds. The lowest BCUT2D eigenvalue weighted by atomic mass is 9.82. The molecule has 2 aliphatic heterocycles. The fourth-order valence-corrected chi connectivity index (χ4v) is 3.80. The van der Waals surface area contributed by atoms with Crippen LogP contribution in [0.4, 0.5) is 4.39 Å². The minimum absolute atomic E-state index is 0.0231. The number of likely N-dealkylation sites (tertiary alicyclic amines) is 1. The van der Waals surface area contributed by atoms with Gasteiger partial charge in [0.2, 0.25) is 0 Å². The maximum atomic E-state index is 15.6. The van der Waals surface area contributed by atoms with Crippen LogP contribution in [0.1, 0.15) is 48.0 Å². The van der Waals surface area contributed by atoms with Crippen LogP contribution in [0.3, 0.4) is 0 Å². The Hall–Kier alpha value is -0.190.